The van der Waals surface area contributed by atoms with Crippen LogP contribution < -0.4 is 15.8 Å². The first kappa shape index (κ1) is 22.5. The smallest absolute Gasteiger partial charge is 0.171 e. The molecular formula is C23H23F2N5O3S. The Balaban J connectivity index is 1.59. The summed E-state index contributed by atoms with van der Waals surface area (Å²) in [7, 11) is -2.47. The lowest BCUT2D eigenvalue weighted by Crippen LogP contribution is -2.58. The van der Waals surface area contributed by atoms with E-state index in [-0.39, 0.29) is 24.2 Å². The van der Waals surface area contributed by atoms with E-state index in [0.29, 0.717) is 22.8 Å². The molecule has 1 aromatic carbocycles. The topological polar surface area (TPSA) is 120 Å². The van der Waals surface area contributed by atoms with Crippen molar-refractivity contribution in [1.82, 2.24) is 9.97 Å². The van der Waals surface area contributed by atoms with E-state index >= 15 is 4.39 Å². The molecule has 3 unspecified atom stereocenters. The van der Waals surface area contributed by atoms with Gasteiger partial charge in [0, 0.05) is 22.8 Å². The summed E-state index contributed by atoms with van der Waals surface area (Å²) in [6.07, 6.45) is 3.33. The van der Waals surface area contributed by atoms with Gasteiger partial charge in [-0.25, -0.2) is 27.2 Å². The van der Waals surface area contributed by atoms with Crippen LogP contribution in [0, 0.1) is 5.82 Å². The van der Waals surface area contributed by atoms with E-state index in [0.717, 1.165) is 5.39 Å². The zero-order chi connectivity index (χ0) is 24.3. The van der Waals surface area contributed by atoms with E-state index in [1.54, 1.807) is 25.6 Å². The number of nitrogens with zero attached hydrogens (tertiary/aromatic N) is 3. The van der Waals surface area contributed by atoms with Crippen LogP contribution in [-0.4, -0.2) is 48.0 Å². The number of aliphatic imine (C=N–C) groups is 1. The summed E-state index contributed by atoms with van der Waals surface area (Å²) < 4.78 is 58.9. The van der Waals surface area contributed by atoms with E-state index in [4.69, 9.17) is 10.5 Å². The van der Waals surface area contributed by atoms with Crippen LogP contribution in [0.4, 0.5) is 20.3 Å². The second-order valence-electron chi connectivity index (χ2n) is 8.77. The molecule has 5 rings (SSSR count). The summed E-state index contributed by atoms with van der Waals surface area (Å²) in [6, 6.07) is 7.83. The molecule has 0 spiro atoms. The molecular weight excluding hydrogens is 464 g/mol. The molecule has 1 fully saturated rings. The average Bonchev–Trinajstić information content (AvgIpc) is 3.03. The lowest BCUT2D eigenvalue weighted by molar-refractivity contribution is 0.413. The summed E-state index contributed by atoms with van der Waals surface area (Å²) >= 11 is 0. The molecule has 178 valence electrons. The number of nitrogens with two attached hydrogens (primary N) is 1. The van der Waals surface area contributed by atoms with Crippen molar-refractivity contribution < 1.29 is 21.9 Å². The second kappa shape index (κ2) is 7.59. The standard InChI is InChI=1S/C23H23F2N5O3S/c1-22(18-5-7-23(12-24,21(26)30-22)34(18,31)32)16-10-14(3-4-17(16)25)29-20-19-13(6-8-27-20)9-15(33-2)11-28-19/h3-4,6,8-11,18H,5,7,12H2,1-2H3,(H2,26,30)(H,27,29). The number of pyridine rings is 2. The summed E-state index contributed by atoms with van der Waals surface area (Å²) in [5.74, 6) is 0.0852. The number of ether oxygens (including phenoxy) is 1. The van der Waals surface area contributed by atoms with Crippen molar-refractivity contribution in [3.05, 3.63) is 54.1 Å². The molecule has 2 bridgehead atoms. The van der Waals surface area contributed by atoms with Crippen LogP contribution in [-0.2, 0) is 15.4 Å². The Hall–Kier alpha value is -3.34. The predicted molar refractivity (Wildman–Crippen MR) is 125 cm³/mol. The molecule has 11 heteroatoms. The SMILES string of the molecule is COc1cnc2c(Nc3ccc(F)c(C4(C)N=C(N)C5(CF)CCC4S5(=O)=O)c3)nccc2c1. The van der Waals surface area contributed by atoms with Gasteiger partial charge in [-0.3, -0.25) is 4.99 Å². The van der Waals surface area contributed by atoms with Crippen molar-refractivity contribution in [2.24, 2.45) is 10.7 Å². The van der Waals surface area contributed by atoms with Gasteiger partial charge in [0.05, 0.1) is 18.6 Å². The highest BCUT2D eigenvalue weighted by Crippen LogP contribution is 2.52. The molecule has 0 saturated carbocycles. The number of sulfone groups is 1. The first-order chi connectivity index (χ1) is 16.2. The van der Waals surface area contributed by atoms with Crippen molar-refractivity contribution in [2.75, 3.05) is 19.1 Å². The van der Waals surface area contributed by atoms with Gasteiger partial charge >= 0.3 is 0 Å². The summed E-state index contributed by atoms with van der Waals surface area (Å²) in [5, 5.41) is 2.83. The van der Waals surface area contributed by atoms with Crippen molar-refractivity contribution in [1.29, 1.82) is 0 Å². The van der Waals surface area contributed by atoms with Crippen LogP contribution in [0.25, 0.3) is 10.9 Å². The lowest BCUT2D eigenvalue weighted by Gasteiger charge is -2.39. The predicted octanol–water partition coefficient (Wildman–Crippen LogP) is 3.39. The maximum atomic E-state index is 15.1. The third-order valence-corrected chi connectivity index (χ3v) is 10.0. The number of amidine groups is 1. The molecule has 2 aromatic heterocycles. The number of fused-ring (bicyclic) bond motifs is 3. The first-order valence-corrected chi connectivity index (χ1v) is 12.2. The van der Waals surface area contributed by atoms with Gasteiger partial charge in [0.2, 0.25) is 0 Å². The molecule has 8 nitrogen and oxygen atoms in total. The highest BCUT2D eigenvalue weighted by Gasteiger charge is 2.65. The van der Waals surface area contributed by atoms with Gasteiger partial charge in [-0.1, -0.05) is 0 Å². The van der Waals surface area contributed by atoms with Gasteiger partial charge in [-0.05, 0) is 50.1 Å². The normalized spacial score (nSPS) is 27.4. The number of methoxy groups -OCH3 is 1. The molecule has 0 aliphatic carbocycles. The molecule has 2 aliphatic rings. The van der Waals surface area contributed by atoms with Gasteiger partial charge < -0.3 is 15.8 Å². The Morgan fingerprint density at radius 3 is 2.79 bits per heavy atom. The molecule has 0 radical (unpaired) electrons. The van der Waals surface area contributed by atoms with E-state index in [2.05, 4.69) is 20.3 Å². The van der Waals surface area contributed by atoms with Gasteiger partial charge in [0.15, 0.2) is 20.4 Å². The summed E-state index contributed by atoms with van der Waals surface area (Å²) in [6.45, 7) is 0.383. The molecule has 34 heavy (non-hydrogen) atoms. The fourth-order valence-corrected chi connectivity index (χ4v) is 7.68. The Morgan fingerprint density at radius 1 is 1.26 bits per heavy atom. The van der Waals surface area contributed by atoms with Gasteiger partial charge in [0.25, 0.3) is 0 Å². The van der Waals surface area contributed by atoms with Gasteiger partial charge in [-0.2, -0.15) is 0 Å². The highest BCUT2D eigenvalue weighted by atomic mass is 32.2. The van der Waals surface area contributed by atoms with Crippen molar-refractivity contribution in [3.63, 3.8) is 0 Å². The third-order valence-electron chi connectivity index (χ3n) is 6.98. The number of nitrogens with one attached hydrogen (secondary N) is 1. The van der Waals surface area contributed by atoms with Crippen LogP contribution in [0.1, 0.15) is 25.3 Å². The van der Waals surface area contributed by atoms with E-state index in [1.165, 1.54) is 25.1 Å². The fraction of sp³-hybridized carbons (Fsp3) is 0.348. The van der Waals surface area contributed by atoms with E-state index < -0.39 is 37.9 Å². The number of rotatable bonds is 5. The number of aromatic nitrogens is 2. The van der Waals surface area contributed by atoms with E-state index in [1.807, 2.05) is 6.07 Å². The van der Waals surface area contributed by atoms with Gasteiger partial charge in [0.1, 0.15) is 35.1 Å². The molecule has 3 aromatic rings. The second-order valence-corrected chi connectivity index (χ2v) is 11.2. The fourth-order valence-electron chi connectivity index (χ4n) is 5.03. The minimum Gasteiger partial charge on any atom is -0.495 e. The average molecular weight is 488 g/mol. The summed E-state index contributed by atoms with van der Waals surface area (Å²) in [4.78, 5) is 13.1. The van der Waals surface area contributed by atoms with Crippen molar-refractivity contribution in [2.45, 2.75) is 35.3 Å². The Morgan fingerprint density at radius 2 is 2.06 bits per heavy atom. The van der Waals surface area contributed by atoms with Crippen molar-refractivity contribution in [3.8, 4) is 5.75 Å². The van der Waals surface area contributed by atoms with Crippen molar-refractivity contribution >= 4 is 38.1 Å². The molecule has 3 atom stereocenters. The molecule has 2 aliphatic heterocycles. The molecule has 3 N–H and O–H groups in total. The van der Waals surface area contributed by atoms with E-state index in [9.17, 15) is 12.8 Å². The molecule has 0 amide bonds. The van der Waals surface area contributed by atoms with Crippen LogP contribution in [0.2, 0.25) is 0 Å². The third kappa shape index (κ3) is 2.99. The number of benzene rings is 1. The highest BCUT2D eigenvalue weighted by molar-refractivity contribution is 7.94. The van der Waals surface area contributed by atoms with Crippen LogP contribution in [0.5, 0.6) is 5.75 Å². The van der Waals surface area contributed by atoms with Crippen LogP contribution >= 0.6 is 0 Å². The Labute approximate surface area is 195 Å². The first-order valence-electron chi connectivity index (χ1n) is 10.7. The maximum absolute atomic E-state index is 15.1. The monoisotopic (exact) mass is 487 g/mol. The minimum atomic E-state index is -4.02. The molecule has 4 heterocycles. The zero-order valence-corrected chi connectivity index (χ0v) is 19.4. The van der Waals surface area contributed by atoms with Gasteiger partial charge in [-0.15, -0.1) is 0 Å². The largest absolute Gasteiger partial charge is 0.495 e. The Kier molecular flexibility index (Phi) is 5.01. The number of alkyl halides is 1. The quantitative estimate of drug-likeness (QED) is 0.566. The van der Waals surface area contributed by atoms with Crippen LogP contribution in [0.3, 0.4) is 0 Å². The summed E-state index contributed by atoms with van der Waals surface area (Å²) in [5.41, 5.74) is 5.60. The minimum absolute atomic E-state index is 0.0238. The number of anilines is 2. The number of halogens is 2. The number of hydrogen-bond acceptors (Lipinski definition) is 8. The zero-order valence-electron chi connectivity index (χ0n) is 18.5. The lowest BCUT2D eigenvalue weighted by atomic mass is 9.86. The molecule has 1 saturated heterocycles. The van der Waals surface area contributed by atoms with Crippen LogP contribution in [0.15, 0.2) is 47.7 Å². The maximum Gasteiger partial charge on any atom is 0.171 e. The Bertz CT molecular complexity index is 1450. The number of hydrogen-bond donors (Lipinski definition) is 2.